The first kappa shape index (κ1) is 22.4. The van der Waals surface area contributed by atoms with E-state index < -0.39 is 0 Å². The molecule has 148 valence electrons. The van der Waals surface area contributed by atoms with Crippen molar-refractivity contribution in [1.82, 2.24) is 0 Å². The second-order valence-electron chi connectivity index (χ2n) is 5.77. The van der Waals surface area contributed by atoms with Crippen molar-refractivity contribution in [3.8, 4) is 0 Å². The molecule has 3 aromatic rings. The molecule has 6 heteroatoms. The predicted molar refractivity (Wildman–Crippen MR) is 117 cm³/mol. The Balaban J connectivity index is 0.000000878. The molecule has 1 aromatic heterocycles. The van der Waals surface area contributed by atoms with E-state index in [0.29, 0.717) is 0 Å². The van der Waals surface area contributed by atoms with Gasteiger partial charge in [0.05, 0.1) is 23.8 Å². The molecule has 2 aromatic carbocycles. The van der Waals surface area contributed by atoms with Gasteiger partial charge in [-0.15, -0.1) is 0 Å². The van der Waals surface area contributed by atoms with Crippen LogP contribution in [0.15, 0.2) is 75.1 Å². The van der Waals surface area contributed by atoms with Crippen LogP contribution in [0.25, 0.3) is 0 Å². The van der Waals surface area contributed by atoms with E-state index in [1.165, 1.54) is 11.1 Å². The number of hydrogen-bond acceptors (Lipinski definition) is 3. The van der Waals surface area contributed by atoms with Crippen molar-refractivity contribution in [2.75, 3.05) is 0 Å². The maximum atomic E-state index is 5.78. The molecule has 0 atom stereocenters. The van der Waals surface area contributed by atoms with Gasteiger partial charge < -0.3 is 4.42 Å². The van der Waals surface area contributed by atoms with Gasteiger partial charge in [-0.2, -0.15) is 0 Å². The number of hydrogen-bond donors (Lipinski definition) is 0. The molecule has 1 heterocycles. The average Bonchev–Trinajstić information content (AvgIpc) is 3.19. The molecule has 0 saturated heterocycles. The molecule has 3 rings (SSSR count). The summed E-state index contributed by atoms with van der Waals surface area (Å²) in [6.07, 6.45) is 5.43. The molecule has 0 spiro atoms. The number of aryl methyl sites for hydroxylation is 2. The van der Waals surface area contributed by atoms with Crippen molar-refractivity contribution < 1.29 is 17.6 Å². The first-order valence-electron chi connectivity index (χ1n) is 8.90. The van der Waals surface area contributed by atoms with Gasteiger partial charge in [0.25, 0.3) is 0 Å². The van der Waals surface area contributed by atoms with Gasteiger partial charge in [0.15, 0.2) is 0 Å². The number of rotatable bonds is 6. The second kappa shape index (κ2) is 12.6. The summed E-state index contributed by atoms with van der Waals surface area (Å²) in [5.41, 5.74) is 4.41. The van der Waals surface area contributed by atoms with Gasteiger partial charge in [0.1, 0.15) is 11.5 Å². The number of benzene rings is 2. The summed E-state index contributed by atoms with van der Waals surface area (Å²) in [6.45, 7) is 4.26. The SMILES string of the molecule is CCc1ccccc1N=Cc1ccc(C=Nc2ccccc2CC)o1.[Cl][Fe][Cl]. The van der Waals surface area contributed by atoms with Gasteiger partial charge in [-0.05, 0) is 48.2 Å². The Kier molecular flexibility index (Phi) is 10.1. The van der Waals surface area contributed by atoms with Gasteiger partial charge in [-0.3, -0.25) is 9.98 Å². The number of furan rings is 1. The van der Waals surface area contributed by atoms with Crippen LogP contribution < -0.4 is 0 Å². The molecule has 0 saturated carbocycles. The van der Waals surface area contributed by atoms with Crippen molar-refractivity contribution >= 4 is 44.0 Å². The zero-order chi connectivity index (χ0) is 20.2. The third-order valence-electron chi connectivity index (χ3n) is 4.05. The summed E-state index contributed by atoms with van der Waals surface area (Å²) >= 11 is 0.194. The second-order valence-corrected chi connectivity index (χ2v) is 7.60. The maximum absolute atomic E-state index is 5.78. The standard InChI is InChI=1S/C22H22N2O.2ClH.Fe/c1-3-17-9-5-7-11-21(17)23-15-19-13-14-20(25-19)16-24-22-12-8-6-10-18(22)4-2;;;/h5-16H,3-4H2,1-2H3;2*1H;/q;;;+2/p-2. The first-order chi connectivity index (χ1) is 13.7. The fourth-order valence-corrected chi connectivity index (χ4v) is 2.64. The van der Waals surface area contributed by atoms with E-state index in [-0.39, 0.29) is 13.1 Å². The van der Waals surface area contributed by atoms with Crippen molar-refractivity contribution in [2.45, 2.75) is 26.7 Å². The molecule has 0 unspecified atom stereocenters. The van der Waals surface area contributed by atoms with Crippen LogP contribution in [0.2, 0.25) is 0 Å². The Labute approximate surface area is 181 Å². The van der Waals surface area contributed by atoms with Crippen LogP contribution in [0.3, 0.4) is 0 Å². The van der Waals surface area contributed by atoms with E-state index in [4.69, 9.17) is 24.6 Å². The number of para-hydroxylation sites is 2. The molecule has 0 aliphatic rings. The zero-order valence-corrected chi connectivity index (χ0v) is 18.4. The fraction of sp³-hybridized carbons (Fsp3) is 0.182. The van der Waals surface area contributed by atoms with E-state index in [9.17, 15) is 0 Å². The molecule has 0 radical (unpaired) electrons. The monoisotopic (exact) mass is 456 g/mol. The van der Waals surface area contributed by atoms with Crippen LogP contribution in [-0.4, -0.2) is 12.4 Å². The van der Waals surface area contributed by atoms with Gasteiger partial charge in [-0.1, -0.05) is 50.2 Å². The Hall–Kier alpha value is -1.84. The topological polar surface area (TPSA) is 37.9 Å². The zero-order valence-electron chi connectivity index (χ0n) is 15.8. The average molecular weight is 457 g/mol. The molecular weight excluding hydrogens is 435 g/mol. The van der Waals surface area contributed by atoms with Gasteiger partial charge in [-0.25, -0.2) is 0 Å². The van der Waals surface area contributed by atoms with E-state index >= 15 is 0 Å². The summed E-state index contributed by atoms with van der Waals surface area (Å²) in [5, 5.41) is 0. The van der Waals surface area contributed by atoms with E-state index in [2.05, 4.69) is 36.0 Å². The molecule has 0 fully saturated rings. The molecular formula is C22H22Cl2FeN2O. The van der Waals surface area contributed by atoms with Crippen molar-refractivity contribution in [3.05, 3.63) is 83.3 Å². The number of halogens is 2. The van der Waals surface area contributed by atoms with Crippen LogP contribution in [0, 0.1) is 0 Å². The third kappa shape index (κ3) is 6.96. The summed E-state index contributed by atoms with van der Waals surface area (Å²) < 4.78 is 5.78. The molecule has 0 aliphatic carbocycles. The van der Waals surface area contributed by atoms with E-state index in [0.717, 1.165) is 35.7 Å². The van der Waals surface area contributed by atoms with Gasteiger partial charge >= 0.3 is 33.3 Å². The predicted octanol–water partition coefficient (Wildman–Crippen LogP) is 7.28. The summed E-state index contributed by atoms with van der Waals surface area (Å²) in [6, 6.07) is 20.1. The Morgan fingerprint density at radius 1 is 0.750 bits per heavy atom. The summed E-state index contributed by atoms with van der Waals surface area (Å²) in [7, 11) is 9.53. The quantitative estimate of drug-likeness (QED) is 0.283. The normalized spacial score (nSPS) is 11.1. The van der Waals surface area contributed by atoms with Crippen LogP contribution in [0.4, 0.5) is 11.4 Å². The molecule has 0 N–H and O–H groups in total. The van der Waals surface area contributed by atoms with Crippen molar-refractivity contribution in [1.29, 1.82) is 0 Å². The molecule has 28 heavy (non-hydrogen) atoms. The Morgan fingerprint density at radius 3 is 1.54 bits per heavy atom. The van der Waals surface area contributed by atoms with Gasteiger partial charge in [0.2, 0.25) is 0 Å². The number of nitrogens with zero attached hydrogens (tertiary/aromatic N) is 2. The van der Waals surface area contributed by atoms with Crippen molar-refractivity contribution in [2.24, 2.45) is 9.98 Å². The third-order valence-corrected chi connectivity index (χ3v) is 4.05. The van der Waals surface area contributed by atoms with Gasteiger partial charge in [0, 0.05) is 0 Å². The first-order valence-corrected chi connectivity index (χ1v) is 11.9. The van der Waals surface area contributed by atoms with Crippen LogP contribution in [0.1, 0.15) is 36.5 Å². The minimum absolute atomic E-state index is 0.194. The molecule has 0 amide bonds. The number of aliphatic imine (C=N–C) groups is 2. The Bertz CT molecular complexity index is 850. The fourth-order valence-electron chi connectivity index (χ4n) is 2.64. The van der Waals surface area contributed by atoms with E-state index in [1.54, 1.807) is 12.4 Å². The van der Waals surface area contributed by atoms with Crippen LogP contribution in [-0.2, 0) is 26.0 Å². The molecule has 3 nitrogen and oxygen atoms in total. The van der Waals surface area contributed by atoms with Crippen LogP contribution in [0.5, 0.6) is 0 Å². The minimum atomic E-state index is 0.194. The van der Waals surface area contributed by atoms with Crippen molar-refractivity contribution in [3.63, 3.8) is 0 Å². The van der Waals surface area contributed by atoms with Crippen LogP contribution >= 0.6 is 20.2 Å². The summed E-state index contributed by atoms with van der Waals surface area (Å²) in [5.74, 6) is 1.44. The molecule has 0 aliphatic heterocycles. The Morgan fingerprint density at radius 2 is 1.14 bits per heavy atom. The molecule has 0 bridgehead atoms. The summed E-state index contributed by atoms with van der Waals surface area (Å²) in [4.78, 5) is 9.09. The van der Waals surface area contributed by atoms with E-state index in [1.807, 2.05) is 48.5 Å².